The monoisotopic (exact) mass is 331 g/mol. The van der Waals surface area contributed by atoms with Gasteiger partial charge in [0.05, 0.1) is 19.3 Å². The van der Waals surface area contributed by atoms with Gasteiger partial charge in [-0.3, -0.25) is 0 Å². The van der Waals surface area contributed by atoms with E-state index in [4.69, 9.17) is 4.74 Å². The van der Waals surface area contributed by atoms with Crippen molar-refractivity contribution in [2.75, 3.05) is 6.61 Å². The van der Waals surface area contributed by atoms with Crippen LogP contribution in [0.3, 0.4) is 0 Å². The quantitative estimate of drug-likeness (QED) is 0.508. The Morgan fingerprint density at radius 2 is 1.80 bits per heavy atom. The van der Waals surface area contributed by atoms with E-state index >= 15 is 0 Å². The van der Waals surface area contributed by atoms with Gasteiger partial charge in [0, 0.05) is 5.56 Å². The van der Waals surface area contributed by atoms with Gasteiger partial charge in [-0.1, -0.05) is 54.8 Å². The molecule has 2 aromatic carbocycles. The van der Waals surface area contributed by atoms with Gasteiger partial charge in [-0.25, -0.2) is 4.68 Å². The lowest BCUT2D eigenvalue weighted by Gasteiger charge is -2.04. The summed E-state index contributed by atoms with van der Waals surface area (Å²) in [6.45, 7) is 3.60. The Bertz CT molecular complexity index is 842. The molecule has 126 valence electrons. The van der Waals surface area contributed by atoms with Crippen molar-refractivity contribution >= 4 is 0 Å². The van der Waals surface area contributed by atoms with Gasteiger partial charge in [-0.2, -0.15) is 0 Å². The minimum absolute atomic E-state index is 0.666. The first-order chi connectivity index (χ1) is 12.3. The minimum atomic E-state index is 0.666. The first-order valence-corrected chi connectivity index (χ1v) is 8.52. The molecule has 3 rings (SSSR count). The van der Waals surface area contributed by atoms with Crippen molar-refractivity contribution in [3.63, 3.8) is 0 Å². The normalized spacial score (nSPS) is 10.1. The Labute approximate surface area is 148 Å². The maximum Gasteiger partial charge on any atom is 0.155 e. The molecular formula is C21H21N3O. The first kappa shape index (κ1) is 16.8. The summed E-state index contributed by atoms with van der Waals surface area (Å²) in [6.07, 6.45) is 4.07. The minimum Gasteiger partial charge on any atom is -0.494 e. The van der Waals surface area contributed by atoms with Crippen molar-refractivity contribution in [2.45, 2.75) is 26.3 Å². The summed E-state index contributed by atoms with van der Waals surface area (Å²) in [5.41, 5.74) is 2.78. The molecule has 0 N–H and O–H groups in total. The fourth-order valence-corrected chi connectivity index (χ4v) is 2.31. The largest absolute Gasteiger partial charge is 0.494 e. The Morgan fingerprint density at radius 3 is 2.56 bits per heavy atom. The molecule has 4 heteroatoms. The average Bonchev–Trinajstić information content (AvgIpc) is 3.09. The molecule has 0 saturated carbocycles. The zero-order valence-corrected chi connectivity index (χ0v) is 14.4. The molecule has 0 saturated heterocycles. The maximum absolute atomic E-state index is 5.65. The number of hydrogen-bond acceptors (Lipinski definition) is 3. The molecule has 0 amide bonds. The molecule has 1 heterocycles. The van der Waals surface area contributed by atoms with E-state index in [0.717, 1.165) is 30.8 Å². The standard InChI is InChI=1S/C21H21N3O/c1-2-3-15-25-21-13-10-18(11-14-21)9-12-20-17-24(23-22-20)16-19-7-5-4-6-8-19/h4-8,10-11,13-14,17H,2-3,15-16H2,1H3. The molecule has 0 radical (unpaired) electrons. The Hall–Kier alpha value is -3.06. The summed E-state index contributed by atoms with van der Waals surface area (Å²) in [7, 11) is 0. The maximum atomic E-state index is 5.65. The lowest BCUT2D eigenvalue weighted by Crippen LogP contribution is -1.99. The lowest BCUT2D eigenvalue weighted by atomic mass is 10.2. The van der Waals surface area contributed by atoms with Crippen LogP contribution in [-0.2, 0) is 6.54 Å². The molecule has 4 nitrogen and oxygen atoms in total. The molecule has 0 aliphatic rings. The number of benzene rings is 2. The fraction of sp³-hybridized carbons (Fsp3) is 0.238. The summed E-state index contributed by atoms with van der Waals surface area (Å²) >= 11 is 0. The summed E-state index contributed by atoms with van der Waals surface area (Å²) in [4.78, 5) is 0. The van der Waals surface area contributed by atoms with E-state index in [1.807, 2.05) is 48.7 Å². The van der Waals surface area contributed by atoms with Crippen molar-refractivity contribution in [3.8, 4) is 17.6 Å². The van der Waals surface area contributed by atoms with E-state index in [1.165, 1.54) is 5.56 Å². The topological polar surface area (TPSA) is 39.9 Å². The van der Waals surface area contributed by atoms with Gasteiger partial charge in [0.2, 0.25) is 0 Å². The summed E-state index contributed by atoms with van der Waals surface area (Å²) < 4.78 is 7.45. The second-order valence-corrected chi connectivity index (χ2v) is 5.76. The third kappa shape index (κ3) is 5.22. The summed E-state index contributed by atoms with van der Waals surface area (Å²) in [6, 6.07) is 18.0. The van der Waals surface area contributed by atoms with Gasteiger partial charge in [0.1, 0.15) is 5.75 Å². The van der Waals surface area contributed by atoms with Crippen molar-refractivity contribution in [1.82, 2.24) is 15.0 Å². The van der Waals surface area contributed by atoms with Gasteiger partial charge >= 0.3 is 0 Å². The fourth-order valence-electron chi connectivity index (χ4n) is 2.31. The zero-order chi connectivity index (χ0) is 17.3. The van der Waals surface area contributed by atoms with E-state index in [2.05, 4.69) is 41.2 Å². The van der Waals surface area contributed by atoms with Crippen LogP contribution in [0.4, 0.5) is 0 Å². The predicted molar refractivity (Wildman–Crippen MR) is 98.4 cm³/mol. The first-order valence-electron chi connectivity index (χ1n) is 8.52. The Morgan fingerprint density at radius 1 is 1.00 bits per heavy atom. The molecule has 0 fully saturated rings. The zero-order valence-electron chi connectivity index (χ0n) is 14.4. The number of ether oxygens (including phenoxy) is 1. The van der Waals surface area contributed by atoms with E-state index in [-0.39, 0.29) is 0 Å². The van der Waals surface area contributed by atoms with Crippen molar-refractivity contribution < 1.29 is 4.74 Å². The van der Waals surface area contributed by atoms with Crippen molar-refractivity contribution in [2.24, 2.45) is 0 Å². The average molecular weight is 331 g/mol. The van der Waals surface area contributed by atoms with Crippen LogP contribution in [0.1, 0.15) is 36.6 Å². The highest BCUT2D eigenvalue weighted by Gasteiger charge is 1.99. The SMILES string of the molecule is CCCCOc1ccc(C#Cc2cn(Cc3ccccc3)nn2)cc1. The number of rotatable bonds is 6. The highest BCUT2D eigenvalue weighted by atomic mass is 16.5. The highest BCUT2D eigenvalue weighted by molar-refractivity contribution is 5.41. The molecule has 25 heavy (non-hydrogen) atoms. The second-order valence-electron chi connectivity index (χ2n) is 5.76. The van der Waals surface area contributed by atoms with Crippen LogP contribution in [0.2, 0.25) is 0 Å². The number of aromatic nitrogens is 3. The molecule has 0 atom stereocenters. The van der Waals surface area contributed by atoms with Crippen LogP contribution in [0.25, 0.3) is 0 Å². The third-order valence-electron chi connectivity index (χ3n) is 3.68. The van der Waals surface area contributed by atoms with Gasteiger partial charge in [-0.05, 0) is 42.2 Å². The highest BCUT2D eigenvalue weighted by Crippen LogP contribution is 2.12. The second kappa shape index (κ2) is 8.70. The molecule has 0 aliphatic carbocycles. The smallest absolute Gasteiger partial charge is 0.155 e. The lowest BCUT2D eigenvalue weighted by molar-refractivity contribution is 0.309. The van der Waals surface area contributed by atoms with Crippen LogP contribution in [-0.4, -0.2) is 21.6 Å². The van der Waals surface area contributed by atoms with Gasteiger partial charge in [0.25, 0.3) is 0 Å². The molecule has 1 aromatic heterocycles. The molecule has 0 spiro atoms. The number of unbranched alkanes of at least 4 members (excludes halogenated alkanes) is 1. The predicted octanol–water partition coefficient (Wildman–Crippen LogP) is 3.91. The Kier molecular flexibility index (Phi) is 5.84. The van der Waals surface area contributed by atoms with Crippen LogP contribution in [0.5, 0.6) is 5.75 Å². The van der Waals surface area contributed by atoms with E-state index in [9.17, 15) is 0 Å². The summed E-state index contributed by atoms with van der Waals surface area (Å²) in [5.74, 6) is 7.05. The number of nitrogens with zero attached hydrogens (tertiary/aromatic N) is 3. The Balaban J connectivity index is 1.60. The van der Waals surface area contributed by atoms with Crippen molar-refractivity contribution in [1.29, 1.82) is 0 Å². The van der Waals surface area contributed by atoms with Gasteiger partial charge < -0.3 is 4.74 Å². The molecule has 3 aromatic rings. The van der Waals surface area contributed by atoms with Crippen LogP contribution in [0, 0.1) is 11.8 Å². The van der Waals surface area contributed by atoms with Crippen LogP contribution < -0.4 is 4.74 Å². The van der Waals surface area contributed by atoms with Crippen molar-refractivity contribution in [3.05, 3.63) is 77.6 Å². The molecular weight excluding hydrogens is 310 g/mol. The van der Waals surface area contributed by atoms with E-state index < -0.39 is 0 Å². The molecule has 0 unspecified atom stereocenters. The molecule has 0 aliphatic heterocycles. The van der Waals surface area contributed by atoms with Gasteiger partial charge in [-0.15, -0.1) is 5.10 Å². The van der Waals surface area contributed by atoms with E-state index in [1.54, 1.807) is 4.68 Å². The molecule has 0 bridgehead atoms. The van der Waals surface area contributed by atoms with E-state index in [0.29, 0.717) is 12.2 Å². The van der Waals surface area contributed by atoms with Crippen LogP contribution >= 0.6 is 0 Å². The number of hydrogen-bond donors (Lipinski definition) is 0. The summed E-state index contributed by atoms with van der Waals surface area (Å²) in [5, 5.41) is 8.23. The third-order valence-corrected chi connectivity index (χ3v) is 3.68. The van der Waals surface area contributed by atoms with Crippen LogP contribution in [0.15, 0.2) is 60.8 Å². The van der Waals surface area contributed by atoms with Gasteiger partial charge in [0.15, 0.2) is 5.69 Å².